The molecule has 1 aromatic rings. The van der Waals surface area contributed by atoms with E-state index in [2.05, 4.69) is 48.0 Å². The molecule has 0 bridgehead atoms. The minimum Gasteiger partial charge on any atom is -0.0925 e. The van der Waals surface area contributed by atoms with Gasteiger partial charge in [-0.1, -0.05) is 48.0 Å². The lowest BCUT2D eigenvalue weighted by molar-refractivity contribution is 0.545. The topological polar surface area (TPSA) is 0 Å². The molecule has 0 saturated heterocycles. The molecule has 0 saturated carbocycles. The quantitative estimate of drug-likeness (QED) is 0.704. The third-order valence-corrected chi connectivity index (χ3v) is 5.02. The molecule has 16 heavy (non-hydrogen) atoms. The Kier molecular flexibility index (Phi) is 4.07. The first-order valence-corrected chi connectivity index (χ1v) is 7.52. The van der Waals surface area contributed by atoms with Gasteiger partial charge in [0.2, 0.25) is 0 Å². The fourth-order valence-corrected chi connectivity index (χ4v) is 3.06. The monoisotopic (exact) mass is 280 g/mol. The molecule has 0 heterocycles. The van der Waals surface area contributed by atoms with E-state index in [9.17, 15) is 0 Å². The van der Waals surface area contributed by atoms with E-state index in [0.717, 1.165) is 5.33 Å². The van der Waals surface area contributed by atoms with Crippen LogP contribution < -0.4 is 0 Å². The SMILES string of the molecule is CC(CBr)C(C)c1ccc2c(c1)CCCC2. The maximum atomic E-state index is 3.59. The summed E-state index contributed by atoms with van der Waals surface area (Å²) >= 11 is 3.59. The van der Waals surface area contributed by atoms with Gasteiger partial charge in [-0.3, -0.25) is 0 Å². The van der Waals surface area contributed by atoms with Gasteiger partial charge in [-0.15, -0.1) is 0 Å². The molecule has 1 heteroatoms. The Labute approximate surface area is 108 Å². The van der Waals surface area contributed by atoms with E-state index in [1.54, 1.807) is 11.1 Å². The van der Waals surface area contributed by atoms with Crippen LogP contribution in [-0.4, -0.2) is 5.33 Å². The van der Waals surface area contributed by atoms with Gasteiger partial charge in [0.05, 0.1) is 0 Å². The Balaban J connectivity index is 2.22. The van der Waals surface area contributed by atoms with Gasteiger partial charge >= 0.3 is 0 Å². The van der Waals surface area contributed by atoms with E-state index in [1.165, 1.54) is 31.2 Å². The predicted octanol–water partition coefficient (Wildman–Crippen LogP) is 4.70. The van der Waals surface area contributed by atoms with Crippen LogP contribution in [0.2, 0.25) is 0 Å². The molecule has 1 aliphatic rings. The molecule has 0 amide bonds. The fourth-order valence-electron chi connectivity index (χ4n) is 2.50. The van der Waals surface area contributed by atoms with Crippen molar-refractivity contribution in [3.05, 3.63) is 34.9 Å². The van der Waals surface area contributed by atoms with Crippen LogP contribution in [0.4, 0.5) is 0 Å². The van der Waals surface area contributed by atoms with E-state index in [0.29, 0.717) is 11.8 Å². The fraction of sp³-hybridized carbons (Fsp3) is 0.600. The number of hydrogen-bond acceptors (Lipinski definition) is 0. The standard InChI is InChI=1S/C15H21Br/c1-11(10-16)12(2)14-8-7-13-5-3-4-6-15(13)9-14/h7-9,11-12H,3-6,10H2,1-2H3. The second kappa shape index (κ2) is 5.35. The Morgan fingerprint density at radius 2 is 1.81 bits per heavy atom. The smallest absolute Gasteiger partial charge is 0.00627 e. The van der Waals surface area contributed by atoms with Gasteiger partial charge in [0.1, 0.15) is 0 Å². The Bertz CT molecular complexity index is 356. The molecule has 2 unspecified atom stereocenters. The van der Waals surface area contributed by atoms with E-state index >= 15 is 0 Å². The summed E-state index contributed by atoms with van der Waals surface area (Å²) in [6.45, 7) is 4.66. The van der Waals surface area contributed by atoms with Crippen molar-refractivity contribution in [1.29, 1.82) is 0 Å². The molecule has 2 atom stereocenters. The van der Waals surface area contributed by atoms with Crippen molar-refractivity contribution in [1.82, 2.24) is 0 Å². The number of benzene rings is 1. The number of rotatable bonds is 3. The Morgan fingerprint density at radius 3 is 2.50 bits per heavy atom. The van der Waals surface area contributed by atoms with Gasteiger partial charge in [-0.2, -0.15) is 0 Å². The molecule has 0 spiro atoms. The summed E-state index contributed by atoms with van der Waals surface area (Å²) in [6.07, 6.45) is 5.33. The van der Waals surface area contributed by atoms with Crippen molar-refractivity contribution < 1.29 is 0 Å². The number of hydrogen-bond donors (Lipinski definition) is 0. The van der Waals surface area contributed by atoms with Crippen molar-refractivity contribution in [2.75, 3.05) is 5.33 Å². The average molecular weight is 281 g/mol. The average Bonchev–Trinajstić information content (AvgIpc) is 2.36. The molecule has 2 rings (SSSR count). The maximum Gasteiger partial charge on any atom is 0.00627 e. The summed E-state index contributed by atoms with van der Waals surface area (Å²) in [4.78, 5) is 0. The number of aryl methyl sites for hydroxylation is 2. The van der Waals surface area contributed by atoms with Gasteiger partial charge in [-0.05, 0) is 54.2 Å². The normalized spacial score (nSPS) is 18.9. The van der Waals surface area contributed by atoms with Crippen molar-refractivity contribution in [3.8, 4) is 0 Å². The molecular weight excluding hydrogens is 260 g/mol. The molecule has 0 aromatic heterocycles. The lowest BCUT2D eigenvalue weighted by atomic mass is 9.85. The summed E-state index contributed by atoms with van der Waals surface area (Å²) in [5, 5.41) is 1.09. The van der Waals surface area contributed by atoms with Crippen LogP contribution in [0.3, 0.4) is 0 Å². The van der Waals surface area contributed by atoms with Crippen LogP contribution in [0.25, 0.3) is 0 Å². The molecule has 1 aromatic carbocycles. The molecule has 0 N–H and O–H groups in total. The second-order valence-corrected chi connectivity index (χ2v) is 5.80. The van der Waals surface area contributed by atoms with Crippen molar-refractivity contribution in [3.63, 3.8) is 0 Å². The highest BCUT2D eigenvalue weighted by Gasteiger charge is 2.16. The molecular formula is C15H21Br. The van der Waals surface area contributed by atoms with Crippen molar-refractivity contribution in [2.45, 2.75) is 45.4 Å². The minimum atomic E-state index is 0.659. The first-order chi connectivity index (χ1) is 7.72. The second-order valence-electron chi connectivity index (χ2n) is 5.16. The van der Waals surface area contributed by atoms with Crippen LogP contribution in [0.5, 0.6) is 0 Å². The van der Waals surface area contributed by atoms with Gasteiger partial charge < -0.3 is 0 Å². The summed E-state index contributed by atoms with van der Waals surface area (Å²) < 4.78 is 0. The highest BCUT2D eigenvalue weighted by Crippen LogP contribution is 2.29. The first-order valence-electron chi connectivity index (χ1n) is 6.40. The zero-order chi connectivity index (χ0) is 11.5. The number of fused-ring (bicyclic) bond motifs is 1. The van der Waals surface area contributed by atoms with E-state index in [-0.39, 0.29) is 0 Å². The minimum absolute atomic E-state index is 0.659. The molecule has 88 valence electrons. The van der Waals surface area contributed by atoms with Crippen LogP contribution >= 0.6 is 15.9 Å². The highest BCUT2D eigenvalue weighted by molar-refractivity contribution is 9.09. The zero-order valence-electron chi connectivity index (χ0n) is 10.3. The van der Waals surface area contributed by atoms with E-state index < -0.39 is 0 Å². The van der Waals surface area contributed by atoms with Crippen LogP contribution in [0.1, 0.15) is 49.3 Å². The molecule has 0 fully saturated rings. The third-order valence-electron chi connectivity index (χ3n) is 4.00. The summed E-state index contributed by atoms with van der Waals surface area (Å²) in [6, 6.07) is 7.16. The van der Waals surface area contributed by atoms with Crippen molar-refractivity contribution in [2.24, 2.45) is 5.92 Å². The van der Waals surface area contributed by atoms with Gasteiger partial charge in [0.15, 0.2) is 0 Å². The maximum absolute atomic E-state index is 3.59. The van der Waals surface area contributed by atoms with Gasteiger partial charge in [-0.25, -0.2) is 0 Å². The molecule has 1 aliphatic carbocycles. The Hall–Kier alpha value is -0.300. The van der Waals surface area contributed by atoms with E-state index in [1.807, 2.05) is 0 Å². The van der Waals surface area contributed by atoms with Gasteiger partial charge in [0, 0.05) is 5.33 Å². The molecule has 0 radical (unpaired) electrons. The van der Waals surface area contributed by atoms with Crippen LogP contribution in [-0.2, 0) is 12.8 Å². The van der Waals surface area contributed by atoms with Crippen molar-refractivity contribution >= 4 is 15.9 Å². The predicted molar refractivity (Wildman–Crippen MR) is 74.5 cm³/mol. The van der Waals surface area contributed by atoms with E-state index in [4.69, 9.17) is 0 Å². The third kappa shape index (κ3) is 2.51. The summed E-state index contributed by atoms with van der Waals surface area (Å²) in [5.74, 6) is 1.37. The zero-order valence-corrected chi connectivity index (χ0v) is 11.9. The highest BCUT2D eigenvalue weighted by atomic mass is 79.9. The number of alkyl halides is 1. The first kappa shape index (κ1) is 12.2. The molecule has 0 nitrogen and oxygen atoms in total. The lowest BCUT2D eigenvalue weighted by Gasteiger charge is -2.22. The molecule has 0 aliphatic heterocycles. The van der Waals surface area contributed by atoms with Crippen LogP contribution in [0, 0.1) is 5.92 Å². The Morgan fingerprint density at radius 1 is 1.12 bits per heavy atom. The lowest BCUT2D eigenvalue weighted by Crippen LogP contribution is -2.10. The number of halogens is 1. The van der Waals surface area contributed by atoms with Gasteiger partial charge in [0.25, 0.3) is 0 Å². The summed E-state index contributed by atoms with van der Waals surface area (Å²) in [5.41, 5.74) is 4.72. The summed E-state index contributed by atoms with van der Waals surface area (Å²) in [7, 11) is 0. The largest absolute Gasteiger partial charge is 0.0925 e. The van der Waals surface area contributed by atoms with Crippen LogP contribution in [0.15, 0.2) is 18.2 Å².